The third kappa shape index (κ3) is 6.43. The zero-order valence-corrected chi connectivity index (χ0v) is 27.3. The number of amides is 4. The number of alkyl halides is 2. The number of nitrogens with zero attached hydrogens (tertiary/aromatic N) is 3. The van der Waals surface area contributed by atoms with E-state index in [0.29, 0.717) is 43.6 Å². The molecule has 2 aromatic carbocycles. The van der Waals surface area contributed by atoms with Crippen LogP contribution in [0.5, 0.6) is 0 Å². The molecule has 3 aliphatic heterocycles. The van der Waals surface area contributed by atoms with Gasteiger partial charge in [-0.25, -0.2) is 0 Å². The molecule has 0 spiro atoms. The van der Waals surface area contributed by atoms with Gasteiger partial charge in [0.2, 0.25) is 17.7 Å². The van der Waals surface area contributed by atoms with Crippen LogP contribution in [-0.4, -0.2) is 92.4 Å². The zero-order valence-electron chi connectivity index (χ0n) is 25.6. The van der Waals surface area contributed by atoms with Gasteiger partial charge in [-0.2, -0.15) is 8.78 Å². The minimum atomic E-state index is -5.79. The monoisotopic (exact) mass is 688 g/mol. The fourth-order valence-corrected chi connectivity index (χ4v) is 8.34. The second-order valence-corrected chi connectivity index (χ2v) is 15.1. The average molecular weight is 689 g/mol. The van der Waals surface area contributed by atoms with Crippen LogP contribution < -0.4 is 5.32 Å². The number of hydrogen-bond acceptors (Lipinski definition) is 6. The number of fused-ring (bicyclic) bond motifs is 2. The van der Waals surface area contributed by atoms with Crippen molar-refractivity contribution in [1.29, 1.82) is 0 Å². The van der Waals surface area contributed by atoms with Crippen molar-refractivity contribution >= 4 is 52.6 Å². The van der Waals surface area contributed by atoms with Crippen LogP contribution in [0.3, 0.4) is 0 Å². The van der Waals surface area contributed by atoms with E-state index in [0.717, 1.165) is 35.5 Å². The van der Waals surface area contributed by atoms with Crippen LogP contribution in [0, 0.1) is 0 Å². The summed E-state index contributed by atoms with van der Waals surface area (Å²) in [5, 5.41) is 2.90. The number of benzene rings is 2. The Kier molecular flexibility index (Phi) is 8.98. The van der Waals surface area contributed by atoms with Gasteiger partial charge in [0.15, 0.2) is 0 Å². The highest BCUT2D eigenvalue weighted by Crippen LogP contribution is 2.59. The lowest BCUT2D eigenvalue weighted by Gasteiger charge is -2.39. The van der Waals surface area contributed by atoms with E-state index < -0.39 is 42.7 Å². The second kappa shape index (κ2) is 12.7. The molecule has 3 aromatic rings. The van der Waals surface area contributed by atoms with Crippen molar-refractivity contribution in [3.8, 4) is 0 Å². The van der Waals surface area contributed by atoms with Crippen LogP contribution in [0.15, 0.2) is 54.6 Å². The number of hydrogen-bond donors (Lipinski definition) is 3. The van der Waals surface area contributed by atoms with Gasteiger partial charge in [0.05, 0.1) is 4.88 Å². The van der Waals surface area contributed by atoms with Crippen LogP contribution >= 0.6 is 18.9 Å². The van der Waals surface area contributed by atoms with E-state index in [9.17, 15) is 32.5 Å². The third-order valence-corrected chi connectivity index (χ3v) is 11.6. The van der Waals surface area contributed by atoms with E-state index in [-0.39, 0.29) is 40.6 Å². The summed E-state index contributed by atoms with van der Waals surface area (Å²) >= 11 is 0.961. The van der Waals surface area contributed by atoms with E-state index in [4.69, 9.17) is 9.79 Å². The Bertz CT molecular complexity index is 1770. The summed E-state index contributed by atoms with van der Waals surface area (Å²) in [6.45, 7) is 2.76. The molecule has 3 saturated heterocycles. The summed E-state index contributed by atoms with van der Waals surface area (Å²) in [6, 6.07) is 12.2. The quantitative estimate of drug-likeness (QED) is 0.334. The normalized spacial score (nSPS) is 23.9. The third-order valence-electron chi connectivity index (χ3n) is 9.45. The van der Waals surface area contributed by atoms with Crippen molar-refractivity contribution in [2.75, 3.05) is 26.2 Å². The summed E-state index contributed by atoms with van der Waals surface area (Å²) in [5.41, 5.74) is -4.14. The first kappa shape index (κ1) is 33.2. The lowest BCUT2D eigenvalue weighted by atomic mass is 9.99. The summed E-state index contributed by atoms with van der Waals surface area (Å²) in [7, 11) is -5.79. The lowest BCUT2D eigenvalue weighted by molar-refractivity contribution is -0.148. The molecular weight excluding hydrogens is 653 g/mol. The number of nitrogens with one attached hydrogen (secondary N) is 1. The predicted molar refractivity (Wildman–Crippen MR) is 170 cm³/mol. The molecule has 0 unspecified atom stereocenters. The van der Waals surface area contributed by atoms with E-state index >= 15 is 0 Å². The molecule has 4 atom stereocenters. The molecule has 1 aromatic heterocycles. The van der Waals surface area contributed by atoms with Crippen LogP contribution in [0.1, 0.15) is 59.3 Å². The van der Waals surface area contributed by atoms with Crippen LogP contribution in [0.4, 0.5) is 8.78 Å². The van der Waals surface area contributed by atoms with E-state index in [2.05, 4.69) is 5.32 Å². The number of rotatable bonds is 6. The molecule has 4 heterocycles. The highest BCUT2D eigenvalue weighted by Gasteiger charge is 2.50. The van der Waals surface area contributed by atoms with Crippen molar-refractivity contribution < 1.29 is 42.3 Å². The fraction of sp³-hybridized carbons (Fsp3) is 0.438. The van der Waals surface area contributed by atoms with Gasteiger partial charge in [-0.1, -0.05) is 36.4 Å². The Morgan fingerprint density at radius 3 is 2.38 bits per heavy atom. The maximum absolute atomic E-state index is 14.3. The van der Waals surface area contributed by atoms with Gasteiger partial charge in [-0.15, -0.1) is 11.3 Å². The second-order valence-electron chi connectivity index (χ2n) is 12.4. The Hall–Kier alpha value is -3.71. The van der Waals surface area contributed by atoms with Gasteiger partial charge in [-0.05, 0) is 54.8 Å². The Morgan fingerprint density at radius 2 is 1.68 bits per heavy atom. The summed E-state index contributed by atoms with van der Waals surface area (Å²) < 4.78 is 40.5. The molecule has 250 valence electrons. The largest absolute Gasteiger partial charge is 0.399 e. The topological polar surface area (TPSA) is 148 Å². The summed E-state index contributed by atoms with van der Waals surface area (Å²) in [5.74, 6) is -1.33. The number of likely N-dealkylation sites (tertiary alicyclic amines) is 1. The molecule has 4 amide bonds. The fourth-order valence-electron chi connectivity index (χ4n) is 6.92. The van der Waals surface area contributed by atoms with Gasteiger partial charge in [0.1, 0.15) is 12.1 Å². The Balaban J connectivity index is 1.22. The minimum absolute atomic E-state index is 0.0792. The van der Waals surface area contributed by atoms with Gasteiger partial charge >= 0.3 is 13.3 Å². The zero-order chi connectivity index (χ0) is 33.7. The number of carbonyl (C=O) groups excluding carboxylic acids is 4. The van der Waals surface area contributed by atoms with E-state index in [1.807, 2.05) is 35.2 Å². The smallest absolute Gasteiger partial charge is 0.340 e. The first-order valence-corrected chi connectivity index (χ1v) is 17.9. The minimum Gasteiger partial charge on any atom is -0.340 e. The SMILES string of the molecule is CC(=O)N1CC[C@H]2CC[C@@H](C(=O)N3CC[C@@H](c4ccccc4)C3)N2C(=O)[C@@H](NC(=O)c2cc3cc(C(F)(F)P(=O)(O)O)ccc3s2)C1. The Morgan fingerprint density at radius 1 is 0.957 bits per heavy atom. The van der Waals surface area contributed by atoms with Gasteiger partial charge in [0, 0.05) is 55.3 Å². The van der Waals surface area contributed by atoms with Gasteiger partial charge < -0.3 is 29.8 Å². The molecule has 0 aliphatic carbocycles. The molecule has 3 aliphatic rings. The number of carbonyl (C=O) groups is 4. The van der Waals surface area contributed by atoms with E-state index in [1.54, 1.807) is 4.90 Å². The van der Waals surface area contributed by atoms with Gasteiger partial charge in [0.25, 0.3) is 5.91 Å². The predicted octanol–water partition coefficient (Wildman–Crippen LogP) is 3.85. The average Bonchev–Trinajstić information content (AvgIpc) is 3.79. The van der Waals surface area contributed by atoms with Crippen molar-refractivity contribution in [3.05, 3.63) is 70.6 Å². The van der Waals surface area contributed by atoms with Crippen LogP contribution in [0.25, 0.3) is 10.1 Å². The van der Waals surface area contributed by atoms with Crippen molar-refractivity contribution in [1.82, 2.24) is 20.0 Å². The highest BCUT2D eigenvalue weighted by atomic mass is 32.1. The van der Waals surface area contributed by atoms with Crippen LogP contribution in [-0.2, 0) is 24.6 Å². The maximum atomic E-state index is 14.3. The number of halogens is 2. The van der Waals surface area contributed by atoms with Gasteiger partial charge in [-0.3, -0.25) is 23.7 Å². The first-order chi connectivity index (χ1) is 22.2. The Labute approximate surface area is 273 Å². The first-order valence-electron chi connectivity index (χ1n) is 15.4. The standard InChI is InChI=1S/C32H35F2N4O7PS/c1-19(39)36-14-12-24-8-9-26(31(42)37-13-11-21(17-37)20-5-3-2-4-6-20)38(24)30(41)25(18-36)35-29(40)28-16-22-15-23(7-10-27(22)47-28)32(33,34)46(43,44)45/h2-7,10,15-16,21,24-26H,8-9,11-14,17-18H2,1H3,(H,35,40)(H2,43,44,45)/t21-,24-,25+,26+/m1/s1. The van der Waals surface area contributed by atoms with E-state index in [1.165, 1.54) is 24.0 Å². The molecule has 3 fully saturated rings. The number of thiophene rings is 1. The van der Waals surface area contributed by atoms with Crippen LogP contribution in [0.2, 0.25) is 0 Å². The molecular formula is C32H35F2N4O7PS. The molecule has 6 rings (SSSR count). The molecule has 11 nitrogen and oxygen atoms in total. The lowest BCUT2D eigenvalue weighted by Crippen LogP contribution is -2.61. The van der Waals surface area contributed by atoms with Crippen molar-refractivity contribution in [2.24, 2.45) is 0 Å². The summed E-state index contributed by atoms with van der Waals surface area (Å²) in [4.78, 5) is 77.3. The highest BCUT2D eigenvalue weighted by molar-refractivity contribution is 7.52. The molecule has 0 saturated carbocycles. The molecule has 0 bridgehead atoms. The molecule has 47 heavy (non-hydrogen) atoms. The van der Waals surface area contributed by atoms with Crippen molar-refractivity contribution in [3.63, 3.8) is 0 Å². The molecule has 3 N–H and O–H groups in total. The van der Waals surface area contributed by atoms with Crippen molar-refractivity contribution in [2.45, 2.75) is 62.3 Å². The summed E-state index contributed by atoms with van der Waals surface area (Å²) in [6.07, 6.45) is 2.38. The maximum Gasteiger partial charge on any atom is 0.399 e. The molecule has 0 radical (unpaired) electrons. The molecule has 15 heteroatoms.